The van der Waals surface area contributed by atoms with Crippen molar-refractivity contribution in [1.29, 1.82) is 0 Å². The van der Waals surface area contributed by atoms with Gasteiger partial charge in [0.05, 0.1) is 0 Å². The standard InChI is InChI=1S/C12H22F3N/c1-9(2)11(10-5-6-10)16-8-4-3-7-12(13,14)15/h9-11,16H,3-8H2,1-2H3. The van der Waals surface area contributed by atoms with Gasteiger partial charge in [-0.2, -0.15) is 13.2 Å². The normalized spacial score (nSPS) is 19.1. The van der Waals surface area contributed by atoms with Gasteiger partial charge in [0.15, 0.2) is 0 Å². The number of rotatable bonds is 7. The molecule has 1 rings (SSSR count). The van der Waals surface area contributed by atoms with Crippen molar-refractivity contribution in [3.63, 3.8) is 0 Å². The lowest BCUT2D eigenvalue weighted by Crippen LogP contribution is -2.36. The summed E-state index contributed by atoms with van der Waals surface area (Å²) in [5.74, 6) is 1.35. The molecule has 0 aromatic heterocycles. The van der Waals surface area contributed by atoms with E-state index in [1.165, 1.54) is 12.8 Å². The van der Waals surface area contributed by atoms with Gasteiger partial charge in [-0.3, -0.25) is 0 Å². The van der Waals surface area contributed by atoms with E-state index in [0.29, 0.717) is 18.4 Å². The van der Waals surface area contributed by atoms with Gasteiger partial charge in [-0.05, 0) is 44.1 Å². The molecular formula is C12H22F3N. The van der Waals surface area contributed by atoms with E-state index >= 15 is 0 Å². The molecule has 96 valence electrons. The van der Waals surface area contributed by atoms with E-state index in [4.69, 9.17) is 0 Å². The van der Waals surface area contributed by atoms with Crippen LogP contribution in [0.25, 0.3) is 0 Å². The summed E-state index contributed by atoms with van der Waals surface area (Å²) in [6.07, 6.45) is -1.23. The van der Waals surface area contributed by atoms with Crippen LogP contribution in [0.5, 0.6) is 0 Å². The summed E-state index contributed by atoms with van der Waals surface area (Å²) in [6, 6.07) is 0.505. The molecule has 1 aliphatic rings. The number of unbranched alkanes of at least 4 members (excludes halogenated alkanes) is 1. The van der Waals surface area contributed by atoms with Crippen molar-refractivity contribution in [3.05, 3.63) is 0 Å². The molecule has 0 radical (unpaired) electrons. The number of alkyl halides is 3. The Labute approximate surface area is 95.8 Å². The quantitative estimate of drug-likeness (QED) is 0.665. The minimum absolute atomic E-state index is 0.242. The van der Waals surface area contributed by atoms with Crippen LogP contribution in [0.1, 0.15) is 46.0 Å². The molecule has 0 saturated heterocycles. The molecule has 0 aromatic carbocycles. The van der Waals surface area contributed by atoms with Crippen LogP contribution < -0.4 is 5.32 Å². The maximum Gasteiger partial charge on any atom is 0.389 e. The van der Waals surface area contributed by atoms with Crippen molar-refractivity contribution in [3.8, 4) is 0 Å². The summed E-state index contributed by atoms with van der Waals surface area (Å²) < 4.78 is 35.7. The summed E-state index contributed by atoms with van der Waals surface area (Å²) in [6.45, 7) is 5.06. The van der Waals surface area contributed by atoms with E-state index in [1.807, 2.05) is 0 Å². The molecule has 0 aromatic rings. The molecule has 1 fully saturated rings. The maximum absolute atomic E-state index is 11.9. The number of hydrogen-bond donors (Lipinski definition) is 1. The number of hydrogen-bond acceptors (Lipinski definition) is 1. The molecular weight excluding hydrogens is 215 g/mol. The van der Waals surface area contributed by atoms with Crippen LogP contribution in [0.4, 0.5) is 13.2 Å². The molecule has 0 amide bonds. The third kappa shape index (κ3) is 5.73. The van der Waals surface area contributed by atoms with Crippen LogP contribution in [0.2, 0.25) is 0 Å². The monoisotopic (exact) mass is 237 g/mol. The predicted octanol–water partition coefficient (Wildman–Crippen LogP) is 3.74. The van der Waals surface area contributed by atoms with Crippen molar-refractivity contribution in [2.24, 2.45) is 11.8 Å². The fraction of sp³-hybridized carbons (Fsp3) is 1.00. The van der Waals surface area contributed by atoms with Crippen molar-refractivity contribution < 1.29 is 13.2 Å². The molecule has 1 atom stereocenters. The highest BCUT2D eigenvalue weighted by Gasteiger charge is 2.32. The molecule has 1 aliphatic carbocycles. The van der Waals surface area contributed by atoms with Gasteiger partial charge in [0.25, 0.3) is 0 Å². The minimum Gasteiger partial charge on any atom is -0.313 e. The smallest absolute Gasteiger partial charge is 0.313 e. The van der Waals surface area contributed by atoms with Gasteiger partial charge in [-0.15, -0.1) is 0 Å². The largest absolute Gasteiger partial charge is 0.389 e. The van der Waals surface area contributed by atoms with Gasteiger partial charge in [0, 0.05) is 12.5 Å². The zero-order chi connectivity index (χ0) is 12.2. The predicted molar refractivity (Wildman–Crippen MR) is 59.3 cm³/mol. The maximum atomic E-state index is 11.9. The molecule has 1 nitrogen and oxygen atoms in total. The highest BCUT2D eigenvalue weighted by molar-refractivity contribution is 4.88. The Morgan fingerprint density at radius 1 is 1.19 bits per heavy atom. The zero-order valence-corrected chi connectivity index (χ0v) is 10.1. The Morgan fingerprint density at radius 2 is 1.81 bits per heavy atom. The lowest BCUT2D eigenvalue weighted by atomic mass is 9.99. The summed E-state index contributed by atoms with van der Waals surface area (Å²) >= 11 is 0. The molecule has 1 unspecified atom stereocenters. The van der Waals surface area contributed by atoms with Gasteiger partial charge in [0.1, 0.15) is 0 Å². The van der Waals surface area contributed by atoms with E-state index in [-0.39, 0.29) is 6.42 Å². The van der Waals surface area contributed by atoms with E-state index in [2.05, 4.69) is 19.2 Å². The molecule has 4 heteroatoms. The Hall–Kier alpha value is -0.250. The average molecular weight is 237 g/mol. The molecule has 0 heterocycles. The van der Waals surface area contributed by atoms with E-state index < -0.39 is 12.6 Å². The molecule has 1 N–H and O–H groups in total. The summed E-state index contributed by atoms with van der Waals surface area (Å²) in [7, 11) is 0. The second kappa shape index (κ2) is 5.89. The van der Waals surface area contributed by atoms with Crippen molar-refractivity contribution >= 4 is 0 Å². The number of halogens is 3. The zero-order valence-electron chi connectivity index (χ0n) is 10.1. The lowest BCUT2D eigenvalue weighted by Gasteiger charge is -2.22. The lowest BCUT2D eigenvalue weighted by molar-refractivity contribution is -0.135. The fourth-order valence-electron chi connectivity index (χ4n) is 2.12. The van der Waals surface area contributed by atoms with Gasteiger partial charge >= 0.3 is 6.18 Å². The van der Waals surface area contributed by atoms with E-state index in [0.717, 1.165) is 12.5 Å². The first-order valence-corrected chi connectivity index (χ1v) is 6.20. The summed E-state index contributed by atoms with van der Waals surface area (Å²) in [4.78, 5) is 0. The SMILES string of the molecule is CC(C)C(NCCCCC(F)(F)F)C1CC1. The van der Waals surface area contributed by atoms with Crippen molar-refractivity contribution in [2.75, 3.05) is 6.54 Å². The number of nitrogens with one attached hydrogen (secondary N) is 1. The van der Waals surface area contributed by atoms with E-state index in [1.54, 1.807) is 0 Å². The second-order valence-electron chi connectivity index (χ2n) is 5.13. The van der Waals surface area contributed by atoms with Crippen LogP contribution in [0.3, 0.4) is 0 Å². The van der Waals surface area contributed by atoms with Crippen LogP contribution >= 0.6 is 0 Å². The Morgan fingerprint density at radius 3 is 2.25 bits per heavy atom. The van der Waals surface area contributed by atoms with Crippen molar-refractivity contribution in [1.82, 2.24) is 5.32 Å². The average Bonchev–Trinajstić information content (AvgIpc) is 2.91. The van der Waals surface area contributed by atoms with Gasteiger partial charge in [0.2, 0.25) is 0 Å². The van der Waals surface area contributed by atoms with Crippen LogP contribution in [-0.2, 0) is 0 Å². The minimum atomic E-state index is -3.99. The third-order valence-electron chi connectivity index (χ3n) is 3.12. The first-order chi connectivity index (χ1) is 7.40. The van der Waals surface area contributed by atoms with Gasteiger partial charge in [-0.1, -0.05) is 13.8 Å². The first kappa shape index (κ1) is 13.8. The summed E-state index contributed by atoms with van der Waals surface area (Å²) in [5, 5.41) is 3.40. The van der Waals surface area contributed by atoms with Gasteiger partial charge < -0.3 is 5.32 Å². The third-order valence-corrected chi connectivity index (χ3v) is 3.12. The molecule has 0 bridgehead atoms. The van der Waals surface area contributed by atoms with Crippen LogP contribution in [0.15, 0.2) is 0 Å². The fourth-order valence-corrected chi connectivity index (χ4v) is 2.12. The molecule has 0 spiro atoms. The van der Waals surface area contributed by atoms with Crippen LogP contribution in [0, 0.1) is 11.8 Å². The Balaban J connectivity index is 2.05. The van der Waals surface area contributed by atoms with Crippen molar-refractivity contribution in [2.45, 2.75) is 58.2 Å². The van der Waals surface area contributed by atoms with Crippen LogP contribution in [-0.4, -0.2) is 18.8 Å². The molecule has 16 heavy (non-hydrogen) atoms. The molecule has 1 saturated carbocycles. The summed E-state index contributed by atoms with van der Waals surface area (Å²) in [5.41, 5.74) is 0. The molecule has 0 aliphatic heterocycles. The van der Waals surface area contributed by atoms with Gasteiger partial charge in [-0.25, -0.2) is 0 Å². The topological polar surface area (TPSA) is 12.0 Å². The highest BCUT2D eigenvalue weighted by Crippen LogP contribution is 2.35. The highest BCUT2D eigenvalue weighted by atomic mass is 19.4. The Bertz CT molecular complexity index is 195. The Kier molecular flexibility index (Phi) is 5.09. The second-order valence-corrected chi connectivity index (χ2v) is 5.13. The first-order valence-electron chi connectivity index (χ1n) is 6.20. The van der Waals surface area contributed by atoms with E-state index in [9.17, 15) is 13.2 Å².